The molecule has 0 saturated carbocycles. The molecule has 0 saturated heterocycles. The minimum Gasteiger partial charge on any atom is -0.485 e. The Bertz CT molecular complexity index is 1070. The van der Waals surface area contributed by atoms with Crippen molar-refractivity contribution in [2.24, 2.45) is 0 Å². The van der Waals surface area contributed by atoms with Gasteiger partial charge in [0, 0.05) is 13.3 Å². The fraction of sp³-hybridized carbons (Fsp3) is 0.294. The van der Waals surface area contributed by atoms with E-state index in [0.717, 1.165) is 0 Å². The Morgan fingerprint density at radius 3 is 2.79 bits per heavy atom. The molecule has 2 nitrogen and oxygen atoms in total. The third kappa shape index (κ3) is 3.83. The van der Waals surface area contributed by atoms with Gasteiger partial charge in [-0.05, 0) is 37.6 Å². The maximum atomic E-state index is 8.89. The van der Waals surface area contributed by atoms with Crippen LogP contribution in [0.25, 0.3) is 0 Å². The summed E-state index contributed by atoms with van der Waals surface area (Å²) in [6, 6.07) is -6.93. The van der Waals surface area contributed by atoms with Crippen LogP contribution in [0.15, 0.2) is 54.4 Å². The van der Waals surface area contributed by atoms with Crippen LogP contribution in [0.4, 0.5) is 0 Å². The molecular formula is C17H21NO. The van der Waals surface area contributed by atoms with Crippen LogP contribution in [-0.2, 0) is 0 Å². The van der Waals surface area contributed by atoms with Crippen LogP contribution >= 0.6 is 0 Å². The first-order chi connectivity index (χ1) is 15.2. The van der Waals surface area contributed by atoms with E-state index in [1.807, 2.05) is 0 Å². The van der Waals surface area contributed by atoms with E-state index in [-0.39, 0.29) is 5.56 Å². The molecule has 2 rings (SSSR count). The second kappa shape index (κ2) is 6.95. The molecule has 1 atom stereocenters. The average molecular weight is 270 g/mol. The highest BCUT2D eigenvalue weighted by molar-refractivity contribution is 5.33. The summed E-state index contributed by atoms with van der Waals surface area (Å²) in [6.07, 6.45) is -4.15. The quantitative estimate of drug-likeness (QED) is 0.863. The van der Waals surface area contributed by atoms with E-state index in [1.54, 1.807) is 5.32 Å². The van der Waals surface area contributed by atoms with Crippen LogP contribution < -0.4 is 10.1 Å². The first-order valence-electron chi connectivity index (χ1n) is 12.9. The van der Waals surface area contributed by atoms with E-state index in [9.17, 15) is 0 Å². The van der Waals surface area contributed by atoms with Crippen LogP contribution in [-0.4, -0.2) is 13.5 Å². The van der Waals surface area contributed by atoms with Gasteiger partial charge in [0.2, 0.25) is 0 Å². The Labute approximate surface area is 136 Å². The number of rotatable bonds is 6. The van der Waals surface area contributed by atoms with E-state index in [2.05, 4.69) is 0 Å². The van der Waals surface area contributed by atoms with Crippen molar-refractivity contribution in [1.82, 2.24) is 5.32 Å². The summed E-state index contributed by atoms with van der Waals surface area (Å²) < 4.78 is 124. The predicted molar refractivity (Wildman–Crippen MR) is 79.5 cm³/mol. The monoisotopic (exact) mass is 270 g/mol. The third-order valence-electron chi connectivity index (χ3n) is 2.17. The van der Waals surface area contributed by atoms with E-state index < -0.39 is 91.7 Å². The lowest BCUT2D eigenvalue weighted by Gasteiger charge is -2.20. The SMILES string of the molecule is [2H]c1c([2H])c([2H])c(C([2H])(CC([2H])([2H])NC([2H])([2H])[2H])Oc2c([2H])c([2H])c([2H])c([2H])c2C)c([2H])c1[2H]. The number of ether oxygens (including phenoxy) is 1. The highest BCUT2D eigenvalue weighted by atomic mass is 16.5. The summed E-state index contributed by atoms with van der Waals surface area (Å²) in [6.45, 7) is -4.68. The molecule has 2 heteroatoms. The van der Waals surface area contributed by atoms with Crippen LogP contribution in [0.5, 0.6) is 5.75 Å². The highest BCUT2D eigenvalue weighted by Gasteiger charge is 2.13. The maximum absolute atomic E-state index is 8.89. The summed E-state index contributed by atoms with van der Waals surface area (Å²) in [5.74, 6) is -0.613. The van der Waals surface area contributed by atoms with Crippen molar-refractivity contribution < 1.29 is 25.3 Å². The predicted octanol–water partition coefficient (Wildman–Crippen LogP) is 3.72. The molecule has 0 aliphatic rings. The van der Waals surface area contributed by atoms with Crippen molar-refractivity contribution in [3.8, 4) is 5.75 Å². The minimum atomic E-state index is -3.02. The Kier molecular flexibility index (Phi) is 1.50. The molecule has 0 aliphatic heterocycles. The molecule has 1 N–H and O–H groups in total. The van der Waals surface area contributed by atoms with Gasteiger partial charge in [-0.3, -0.25) is 0 Å². The van der Waals surface area contributed by atoms with Crippen molar-refractivity contribution in [3.05, 3.63) is 65.5 Å². The van der Waals surface area contributed by atoms with Crippen molar-refractivity contribution in [1.29, 1.82) is 0 Å². The van der Waals surface area contributed by atoms with Crippen LogP contribution in [0, 0.1) is 6.92 Å². The van der Waals surface area contributed by atoms with Gasteiger partial charge in [0.05, 0.1) is 13.7 Å². The summed E-state index contributed by atoms with van der Waals surface area (Å²) >= 11 is 0. The normalized spacial score (nSPS) is 26.5. The fourth-order valence-electron chi connectivity index (χ4n) is 1.28. The molecule has 100 valence electrons. The van der Waals surface area contributed by atoms with E-state index >= 15 is 0 Å². The number of hydrogen-bond donors (Lipinski definition) is 1. The molecule has 0 heterocycles. The van der Waals surface area contributed by atoms with Crippen LogP contribution in [0.2, 0.25) is 0 Å². The Morgan fingerprint density at radius 2 is 2.00 bits per heavy atom. The van der Waals surface area contributed by atoms with Gasteiger partial charge in [-0.15, -0.1) is 0 Å². The van der Waals surface area contributed by atoms with Crippen molar-refractivity contribution >= 4 is 0 Å². The van der Waals surface area contributed by atoms with Gasteiger partial charge >= 0.3 is 0 Å². The summed E-state index contributed by atoms with van der Waals surface area (Å²) in [5, 5.41) is 1.68. The topological polar surface area (TPSA) is 21.3 Å². The zero-order chi connectivity index (χ0) is 26.5. The van der Waals surface area contributed by atoms with E-state index in [0.29, 0.717) is 0 Å². The van der Waals surface area contributed by atoms with E-state index in [4.69, 9.17) is 25.3 Å². The Balaban J connectivity index is 2.86. The van der Waals surface area contributed by atoms with Crippen molar-refractivity contribution in [2.45, 2.75) is 19.4 Å². The molecule has 0 spiro atoms. The molecule has 0 radical (unpaired) electrons. The molecule has 2 aromatic carbocycles. The average Bonchev–Trinajstić information content (AvgIpc) is 2.68. The second-order valence-electron chi connectivity index (χ2n) is 3.46. The lowest BCUT2D eigenvalue weighted by Crippen LogP contribution is -2.16. The van der Waals surface area contributed by atoms with Crippen molar-refractivity contribution in [2.75, 3.05) is 13.5 Å². The van der Waals surface area contributed by atoms with E-state index in [1.165, 1.54) is 6.92 Å². The lowest BCUT2D eigenvalue weighted by molar-refractivity contribution is 0.193. The Morgan fingerprint density at radius 1 is 1.26 bits per heavy atom. The zero-order valence-corrected chi connectivity index (χ0v) is 10.1. The first kappa shape index (κ1) is 4.10. The second-order valence-corrected chi connectivity index (χ2v) is 3.46. The fourth-order valence-corrected chi connectivity index (χ4v) is 1.28. The smallest absolute Gasteiger partial charge is 0.125 e. The van der Waals surface area contributed by atoms with Gasteiger partial charge in [-0.25, -0.2) is 0 Å². The number of nitrogens with one attached hydrogen (secondary N) is 1. The molecule has 19 heavy (non-hydrogen) atoms. The highest BCUT2D eigenvalue weighted by Crippen LogP contribution is 2.26. The zero-order valence-electron chi connectivity index (χ0n) is 25.1. The van der Waals surface area contributed by atoms with Gasteiger partial charge in [0.1, 0.15) is 11.8 Å². The summed E-state index contributed by atoms with van der Waals surface area (Å²) in [7, 11) is 0. The summed E-state index contributed by atoms with van der Waals surface area (Å²) in [5.41, 5.74) is -1.01. The first-order valence-corrected chi connectivity index (χ1v) is 5.37. The molecular weight excluding hydrogens is 234 g/mol. The molecule has 1 unspecified atom stereocenters. The van der Waals surface area contributed by atoms with Gasteiger partial charge in [-0.1, -0.05) is 48.3 Å². The van der Waals surface area contributed by atoms with Crippen LogP contribution in [0.1, 0.15) is 44.2 Å². The lowest BCUT2D eigenvalue weighted by atomic mass is 10.1. The molecule has 0 aromatic heterocycles. The molecule has 0 bridgehead atoms. The summed E-state index contributed by atoms with van der Waals surface area (Å²) in [4.78, 5) is 0. The number of para-hydroxylation sites is 1. The third-order valence-corrected chi connectivity index (χ3v) is 2.17. The van der Waals surface area contributed by atoms with Crippen molar-refractivity contribution in [3.63, 3.8) is 0 Å². The van der Waals surface area contributed by atoms with Gasteiger partial charge in [-0.2, -0.15) is 0 Å². The van der Waals surface area contributed by atoms with Gasteiger partial charge < -0.3 is 10.1 Å². The molecule has 0 amide bonds. The Hall–Kier alpha value is -1.80. The van der Waals surface area contributed by atoms with Crippen LogP contribution in [0.3, 0.4) is 0 Å². The van der Waals surface area contributed by atoms with Gasteiger partial charge in [0.25, 0.3) is 0 Å². The van der Waals surface area contributed by atoms with Gasteiger partial charge in [0.15, 0.2) is 0 Å². The maximum Gasteiger partial charge on any atom is 0.125 e. The number of benzene rings is 2. The largest absolute Gasteiger partial charge is 0.485 e. The molecule has 0 fully saturated rings. The molecule has 0 aliphatic carbocycles. The minimum absolute atomic E-state index is 0.181. The standard InChI is InChI=1S/C17H21NO/c1-14-8-6-7-11-16(14)19-17(12-13-18-2)15-9-4-3-5-10-15/h3-11,17-18H,12-13H2,1-2H3/i2D3,3D,4D,5D,6D,7D,8D,9D,10D,11D,13D2,17D. The molecule has 2 aromatic rings. The number of hydrogen-bond acceptors (Lipinski definition) is 2.